The molecule has 0 spiro atoms. The van der Waals surface area contributed by atoms with Crippen LogP contribution in [0, 0.1) is 0 Å². The number of carbonyl (C=O) groups is 1. The van der Waals surface area contributed by atoms with Gasteiger partial charge >= 0.3 is 0 Å². The Kier molecular flexibility index (Phi) is 4.93. The smallest absolute Gasteiger partial charge is 0.139 e. The van der Waals surface area contributed by atoms with Gasteiger partial charge < -0.3 is 10.1 Å². The van der Waals surface area contributed by atoms with Gasteiger partial charge in [-0.25, -0.2) is 0 Å². The number of hydrogen-bond donors (Lipinski definition) is 1. The van der Waals surface area contributed by atoms with Crippen molar-refractivity contribution >= 4 is 11.5 Å². The third kappa shape index (κ3) is 3.87. The molecule has 0 aromatic heterocycles. The van der Waals surface area contributed by atoms with Crippen LogP contribution in [-0.2, 0) is 17.8 Å². The van der Waals surface area contributed by atoms with Crippen LogP contribution in [0.1, 0.15) is 24.5 Å². The molecule has 3 nitrogen and oxygen atoms in total. The van der Waals surface area contributed by atoms with Crippen molar-refractivity contribution in [1.29, 1.82) is 0 Å². The van der Waals surface area contributed by atoms with E-state index >= 15 is 0 Å². The van der Waals surface area contributed by atoms with Crippen LogP contribution in [0.15, 0.2) is 72.8 Å². The van der Waals surface area contributed by atoms with Crippen molar-refractivity contribution in [3.05, 3.63) is 83.9 Å². The van der Waals surface area contributed by atoms with Crippen molar-refractivity contribution in [2.75, 3.05) is 5.32 Å². The molecule has 1 aliphatic heterocycles. The Morgan fingerprint density at radius 1 is 0.926 bits per heavy atom. The van der Waals surface area contributed by atoms with Gasteiger partial charge in [0.05, 0.1) is 0 Å². The zero-order chi connectivity index (χ0) is 18.6. The highest BCUT2D eigenvalue weighted by atomic mass is 16.5. The molecule has 27 heavy (non-hydrogen) atoms. The average molecular weight is 357 g/mol. The molecule has 0 amide bonds. The molecule has 0 aliphatic carbocycles. The molecule has 1 aliphatic rings. The third-order valence-electron chi connectivity index (χ3n) is 4.88. The number of nitrogens with one attached hydrogen (secondary N) is 1. The molecule has 1 atom stereocenters. The van der Waals surface area contributed by atoms with E-state index in [9.17, 15) is 4.79 Å². The van der Waals surface area contributed by atoms with Gasteiger partial charge in [0.25, 0.3) is 0 Å². The quantitative estimate of drug-likeness (QED) is 0.693. The van der Waals surface area contributed by atoms with Crippen molar-refractivity contribution < 1.29 is 9.53 Å². The zero-order valence-corrected chi connectivity index (χ0v) is 15.4. The fraction of sp³-hybridized carbons (Fsp3) is 0.208. The Morgan fingerprint density at radius 3 is 2.52 bits per heavy atom. The summed E-state index contributed by atoms with van der Waals surface area (Å²) in [7, 11) is 0. The van der Waals surface area contributed by atoms with Gasteiger partial charge in [-0.2, -0.15) is 0 Å². The molecule has 0 radical (unpaired) electrons. The normalized spacial score (nSPS) is 16.2. The summed E-state index contributed by atoms with van der Waals surface area (Å²) in [6.45, 7) is 2.58. The van der Waals surface area contributed by atoms with Crippen LogP contribution in [0.2, 0.25) is 0 Å². The Hall–Kier alpha value is -3.07. The van der Waals surface area contributed by atoms with Gasteiger partial charge in [-0.3, -0.25) is 4.79 Å². The minimum Gasteiger partial charge on any atom is -0.488 e. The fourth-order valence-electron chi connectivity index (χ4n) is 3.62. The van der Waals surface area contributed by atoms with Crippen LogP contribution >= 0.6 is 0 Å². The molecular formula is C24H23NO2. The van der Waals surface area contributed by atoms with Gasteiger partial charge in [0.1, 0.15) is 18.1 Å². The summed E-state index contributed by atoms with van der Waals surface area (Å²) in [5, 5.41) is 3.54. The maximum absolute atomic E-state index is 12.2. The van der Waals surface area contributed by atoms with E-state index in [1.807, 2.05) is 48.5 Å². The van der Waals surface area contributed by atoms with E-state index in [1.165, 1.54) is 0 Å². The number of para-hydroxylation sites is 2. The second-order valence-electron chi connectivity index (χ2n) is 7.08. The minimum absolute atomic E-state index is 0.122. The van der Waals surface area contributed by atoms with Gasteiger partial charge in [-0.1, -0.05) is 66.7 Å². The van der Waals surface area contributed by atoms with Crippen LogP contribution in [0.4, 0.5) is 5.69 Å². The van der Waals surface area contributed by atoms with E-state index < -0.39 is 0 Å². The maximum Gasteiger partial charge on any atom is 0.139 e. The summed E-state index contributed by atoms with van der Waals surface area (Å²) in [5.74, 6) is 1.12. The molecule has 1 heterocycles. The van der Waals surface area contributed by atoms with E-state index in [1.54, 1.807) is 0 Å². The summed E-state index contributed by atoms with van der Waals surface area (Å²) < 4.78 is 6.15. The number of rotatable bonds is 4. The first-order valence-corrected chi connectivity index (χ1v) is 9.37. The van der Waals surface area contributed by atoms with Gasteiger partial charge in [0.2, 0.25) is 0 Å². The molecule has 0 saturated heterocycles. The first kappa shape index (κ1) is 17.3. The molecule has 0 fully saturated rings. The fourth-order valence-corrected chi connectivity index (χ4v) is 3.62. The van der Waals surface area contributed by atoms with E-state index in [0.29, 0.717) is 19.4 Å². The van der Waals surface area contributed by atoms with E-state index in [0.717, 1.165) is 33.7 Å². The van der Waals surface area contributed by atoms with Crippen LogP contribution in [0.3, 0.4) is 0 Å². The van der Waals surface area contributed by atoms with Gasteiger partial charge in [0.15, 0.2) is 0 Å². The number of carbonyl (C=O) groups excluding carboxylic acids is 1. The molecule has 0 saturated carbocycles. The summed E-state index contributed by atoms with van der Waals surface area (Å²) in [6, 6.07) is 24.5. The average Bonchev–Trinajstić information content (AvgIpc) is 2.83. The largest absolute Gasteiger partial charge is 0.488 e. The molecular weight excluding hydrogens is 334 g/mol. The topological polar surface area (TPSA) is 38.3 Å². The van der Waals surface area contributed by atoms with Crippen LogP contribution in [0.5, 0.6) is 5.75 Å². The van der Waals surface area contributed by atoms with E-state index in [-0.39, 0.29) is 11.8 Å². The highest BCUT2D eigenvalue weighted by molar-refractivity contribution is 5.90. The predicted octanol–water partition coefficient (Wildman–Crippen LogP) is 5.25. The van der Waals surface area contributed by atoms with Gasteiger partial charge in [-0.15, -0.1) is 0 Å². The Bertz CT molecular complexity index is 950. The highest BCUT2D eigenvalue weighted by Crippen LogP contribution is 2.38. The molecule has 3 aromatic carbocycles. The standard InChI is InChI=1S/C24H23NO2/c1-17-14-20(26)15-19-10-7-12-22(24(19)25-17)21-11-5-6-13-23(21)27-16-18-8-3-2-4-9-18/h2-13,17,25H,14-16H2,1H3/t17-/m1/s1. The van der Waals surface area contributed by atoms with Crippen molar-refractivity contribution in [2.45, 2.75) is 32.4 Å². The van der Waals surface area contributed by atoms with Crippen LogP contribution in [-0.4, -0.2) is 11.8 Å². The Morgan fingerprint density at radius 2 is 1.67 bits per heavy atom. The Balaban J connectivity index is 1.70. The summed E-state index contributed by atoms with van der Waals surface area (Å²) in [5.41, 5.74) is 5.36. The summed E-state index contributed by atoms with van der Waals surface area (Å²) in [4.78, 5) is 12.2. The molecule has 3 aromatic rings. The number of anilines is 1. The van der Waals surface area contributed by atoms with E-state index in [2.05, 4.69) is 36.5 Å². The lowest BCUT2D eigenvalue weighted by Crippen LogP contribution is -2.17. The first-order chi connectivity index (χ1) is 13.2. The van der Waals surface area contributed by atoms with Gasteiger partial charge in [-0.05, 0) is 24.1 Å². The number of ketones is 1. The van der Waals surface area contributed by atoms with Crippen molar-refractivity contribution in [3.8, 4) is 16.9 Å². The third-order valence-corrected chi connectivity index (χ3v) is 4.88. The summed E-state index contributed by atoms with van der Waals surface area (Å²) >= 11 is 0. The maximum atomic E-state index is 12.2. The summed E-state index contributed by atoms with van der Waals surface area (Å²) in [6.07, 6.45) is 1.04. The van der Waals surface area contributed by atoms with Crippen LogP contribution < -0.4 is 10.1 Å². The highest BCUT2D eigenvalue weighted by Gasteiger charge is 2.21. The van der Waals surface area contributed by atoms with Crippen LogP contribution in [0.25, 0.3) is 11.1 Å². The number of fused-ring (bicyclic) bond motifs is 1. The molecule has 0 unspecified atom stereocenters. The SMILES string of the molecule is C[C@@H]1CC(=O)Cc2cccc(-c3ccccc3OCc3ccccc3)c2N1. The lowest BCUT2D eigenvalue weighted by molar-refractivity contribution is -0.118. The number of benzene rings is 3. The molecule has 1 N–H and O–H groups in total. The lowest BCUT2D eigenvalue weighted by Gasteiger charge is -2.19. The Labute approximate surface area is 160 Å². The molecule has 0 bridgehead atoms. The second kappa shape index (κ2) is 7.67. The van der Waals surface area contributed by atoms with Crippen molar-refractivity contribution in [1.82, 2.24) is 0 Å². The monoisotopic (exact) mass is 357 g/mol. The number of hydrogen-bond acceptors (Lipinski definition) is 3. The molecule has 4 rings (SSSR count). The minimum atomic E-state index is 0.122. The molecule has 3 heteroatoms. The van der Waals surface area contributed by atoms with Crippen molar-refractivity contribution in [3.63, 3.8) is 0 Å². The lowest BCUT2D eigenvalue weighted by atomic mass is 9.97. The van der Waals surface area contributed by atoms with E-state index in [4.69, 9.17) is 4.74 Å². The second-order valence-corrected chi connectivity index (χ2v) is 7.08. The number of ether oxygens (including phenoxy) is 1. The zero-order valence-electron chi connectivity index (χ0n) is 15.4. The van der Waals surface area contributed by atoms with Crippen molar-refractivity contribution in [2.24, 2.45) is 0 Å². The predicted molar refractivity (Wildman–Crippen MR) is 109 cm³/mol. The van der Waals surface area contributed by atoms with Gasteiger partial charge in [0, 0.05) is 35.7 Å². The number of Topliss-reactive ketones (excluding diaryl/α,β-unsaturated/α-hetero) is 1. The first-order valence-electron chi connectivity index (χ1n) is 9.37. The molecule has 136 valence electrons.